The fraction of sp³-hybridized carbons (Fsp3) is 0.231. The van der Waals surface area contributed by atoms with Crippen LogP contribution in [0.25, 0.3) is 11.1 Å². The number of aryl methyl sites for hydroxylation is 2. The first kappa shape index (κ1) is 11.7. The van der Waals surface area contributed by atoms with E-state index < -0.39 is 12.3 Å². The Balaban J connectivity index is 2.12. The molecule has 0 saturated heterocycles. The molecular weight excluding hydrogens is 246 g/mol. The van der Waals surface area contributed by atoms with E-state index in [1.54, 1.807) is 6.07 Å². The Bertz CT molecular complexity index is 644. The van der Waals surface area contributed by atoms with Crippen LogP contribution in [0.2, 0.25) is 0 Å². The fourth-order valence-corrected chi connectivity index (χ4v) is 2.31. The summed E-state index contributed by atoms with van der Waals surface area (Å²) < 4.78 is 5.14. The van der Waals surface area contributed by atoms with Crippen molar-refractivity contribution < 1.29 is 14.4 Å². The molecule has 3 rings (SSSR count). The summed E-state index contributed by atoms with van der Waals surface area (Å²) in [4.78, 5) is 11.3. The monoisotopic (exact) mass is 259 g/mol. The number of hydrogen-bond donors (Lipinski definition) is 3. The maximum Gasteiger partial charge on any atom is 0.321 e. The molecule has 0 spiro atoms. The van der Waals surface area contributed by atoms with Crippen molar-refractivity contribution in [1.82, 2.24) is 10.5 Å². The van der Waals surface area contributed by atoms with Gasteiger partial charge in [-0.3, -0.25) is 0 Å². The quantitative estimate of drug-likeness (QED) is 0.731. The van der Waals surface area contributed by atoms with Gasteiger partial charge in [-0.15, -0.1) is 0 Å². The van der Waals surface area contributed by atoms with E-state index in [1.807, 2.05) is 26.0 Å². The van der Waals surface area contributed by atoms with Crippen molar-refractivity contribution >= 4 is 11.7 Å². The second-order valence-corrected chi connectivity index (χ2v) is 4.50. The Labute approximate surface area is 109 Å². The number of fused-ring (bicyclic) bond motifs is 1. The molecule has 0 aliphatic carbocycles. The molecule has 3 N–H and O–H groups in total. The number of nitrogens with zero attached hydrogens (tertiary/aromatic N) is 1. The number of nitrogens with one attached hydrogen (secondary N) is 2. The largest absolute Gasteiger partial charge is 0.369 e. The van der Waals surface area contributed by atoms with Crippen LogP contribution < -0.4 is 10.6 Å². The number of aromatic nitrogens is 1. The van der Waals surface area contributed by atoms with Crippen molar-refractivity contribution in [3.8, 4) is 11.1 Å². The van der Waals surface area contributed by atoms with E-state index in [-0.39, 0.29) is 0 Å². The molecule has 0 fully saturated rings. The first-order valence-corrected chi connectivity index (χ1v) is 5.89. The van der Waals surface area contributed by atoms with Crippen molar-refractivity contribution in [1.29, 1.82) is 0 Å². The van der Waals surface area contributed by atoms with Gasteiger partial charge >= 0.3 is 6.03 Å². The zero-order valence-electron chi connectivity index (χ0n) is 10.5. The van der Waals surface area contributed by atoms with Gasteiger partial charge < -0.3 is 20.3 Å². The maximum atomic E-state index is 11.3. The fourth-order valence-electron chi connectivity index (χ4n) is 2.31. The van der Waals surface area contributed by atoms with Gasteiger partial charge in [0.2, 0.25) is 0 Å². The third-order valence-electron chi connectivity index (χ3n) is 3.18. The van der Waals surface area contributed by atoms with E-state index in [4.69, 9.17) is 4.52 Å². The second kappa shape index (κ2) is 4.10. The molecular formula is C13H13N3O3. The van der Waals surface area contributed by atoms with Crippen LogP contribution in [-0.4, -0.2) is 16.3 Å². The summed E-state index contributed by atoms with van der Waals surface area (Å²) in [6, 6.07) is 5.03. The van der Waals surface area contributed by atoms with Gasteiger partial charge in [0.15, 0.2) is 6.23 Å². The zero-order chi connectivity index (χ0) is 13.6. The molecule has 2 amide bonds. The van der Waals surface area contributed by atoms with Crippen LogP contribution in [0, 0.1) is 13.8 Å². The number of anilines is 1. The Morgan fingerprint density at radius 3 is 2.84 bits per heavy atom. The molecule has 1 unspecified atom stereocenters. The third kappa shape index (κ3) is 1.86. The van der Waals surface area contributed by atoms with Crippen LogP contribution in [0.1, 0.15) is 23.2 Å². The Kier molecular flexibility index (Phi) is 2.53. The van der Waals surface area contributed by atoms with Gasteiger partial charge in [-0.2, -0.15) is 0 Å². The summed E-state index contributed by atoms with van der Waals surface area (Å²) in [5.74, 6) is 0.722. The summed E-state index contributed by atoms with van der Waals surface area (Å²) in [6.45, 7) is 3.70. The van der Waals surface area contributed by atoms with Gasteiger partial charge in [0.05, 0.1) is 11.4 Å². The lowest BCUT2D eigenvalue weighted by atomic mass is 9.99. The highest BCUT2D eigenvalue weighted by Gasteiger charge is 2.23. The number of carbonyl (C=O) groups is 1. The molecule has 0 saturated carbocycles. The van der Waals surface area contributed by atoms with Crippen molar-refractivity contribution in [2.75, 3.05) is 5.32 Å². The number of carbonyl (C=O) groups excluding carboxylic acids is 1. The highest BCUT2D eigenvalue weighted by atomic mass is 16.5. The van der Waals surface area contributed by atoms with Gasteiger partial charge in [-0.05, 0) is 31.5 Å². The van der Waals surface area contributed by atoms with E-state index in [0.717, 1.165) is 22.6 Å². The average Bonchev–Trinajstić information content (AvgIpc) is 2.69. The lowest BCUT2D eigenvalue weighted by Gasteiger charge is -2.23. The molecule has 0 bridgehead atoms. The minimum absolute atomic E-state index is 0.412. The van der Waals surface area contributed by atoms with E-state index in [1.165, 1.54) is 0 Å². The number of amides is 2. The van der Waals surface area contributed by atoms with Crippen molar-refractivity contribution in [2.45, 2.75) is 20.1 Å². The minimum Gasteiger partial charge on any atom is -0.369 e. The molecule has 2 aromatic rings. The molecule has 19 heavy (non-hydrogen) atoms. The number of aliphatic hydroxyl groups excluding tert-OH is 1. The molecule has 6 nitrogen and oxygen atoms in total. The minimum atomic E-state index is -1.01. The Hall–Kier alpha value is -2.34. The zero-order valence-corrected chi connectivity index (χ0v) is 10.5. The number of urea groups is 1. The summed E-state index contributed by atoms with van der Waals surface area (Å²) in [7, 11) is 0. The topological polar surface area (TPSA) is 87.4 Å². The lowest BCUT2D eigenvalue weighted by molar-refractivity contribution is 0.144. The molecule has 98 valence electrons. The van der Waals surface area contributed by atoms with Crippen LogP contribution in [0.3, 0.4) is 0 Å². The summed E-state index contributed by atoms with van der Waals surface area (Å²) in [5.41, 5.74) is 3.82. The molecule has 1 atom stereocenters. The van der Waals surface area contributed by atoms with Gasteiger partial charge in [0.1, 0.15) is 5.76 Å². The predicted octanol–water partition coefficient (Wildman–Crippen LogP) is 2.08. The number of hydrogen-bond acceptors (Lipinski definition) is 4. The van der Waals surface area contributed by atoms with Crippen molar-refractivity contribution in [3.63, 3.8) is 0 Å². The second-order valence-electron chi connectivity index (χ2n) is 4.50. The number of aliphatic hydroxyl groups is 1. The van der Waals surface area contributed by atoms with Crippen LogP contribution >= 0.6 is 0 Å². The van der Waals surface area contributed by atoms with Crippen LogP contribution in [0.4, 0.5) is 10.5 Å². The van der Waals surface area contributed by atoms with E-state index in [2.05, 4.69) is 15.8 Å². The Morgan fingerprint density at radius 1 is 1.37 bits per heavy atom. The predicted molar refractivity (Wildman–Crippen MR) is 68.5 cm³/mol. The highest BCUT2D eigenvalue weighted by Crippen LogP contribution is 2.33. The van der Waals surface area contributed by atoms with Gasteiger partial charge in [-0.1, -0.05) is 11.2 Å². The van der Waals surface area contributed by atoms with E-state index >= 15 is 0 Å². The molecule has 1 aliphatic rings. The van der Waals surface area contributed by atoms with Gasteiger partial charge in [0, 0.05) is 11.1 Å². The van der Waals surface area contributed by atoms with Crippen molar-refractivity contribution in [2.24, 2.45) is 0 Å². The molecule has 0 radical (unpaired) electrons. The van der Waals surface area contributed by atoms with Crippen LogP contribution in [-0.2, 0) is 0 Å². The Morgan fingerprint density at radius 2 is 2.16 bits per heavy atom. The number of benzene rings is 1. The molecule has 1 aromatic carbocycles. The maximum absolute atomic E-state index is 11.3. The van der Waals surface area contributed by atoms with Gasteiger partial charge in [-0.25, -0.2) is 4.79 Å². The standard InChI is InChI=1S/C13H13N3O3/c1-6-11(7(2)19-16-6)8-3-4-10-9(5-8)12(17)15-13(18)14-10/h3-5,12,17H,1-2H3,(H2,14,15,18). The van der Waals surface area contributed by atoms with Crippen LogP contribution in [0.15, 0.2) is 22.7 Å². The lowest BCUT2D eigenvalue weighted by Crippen LogP contribution is -2.37. The highest BCUT2D eigenvalue weighted by molar-refractivity contribution is 5.93. The number of rotatable bonds is 1. The molecule has 1 aliphatic heterocycles. The first-order valence-electron chi connectivity index (χ1n) is 5.89. The summed E-state index contributed by atoms with van der Waals surface area (Å²) >= 11 is 0. The summed E-state index contributed by atoms with van der Waals surface area (Å²) in [5, 5.41) is 18.8. The third-order valence-corrected chi connectivity index (χ3v) is 3.18. The molecule has 2 heterocycles. The molecule has 1 aromatic heterocycles. The smallest absolute Gasteiger partial charge is 0.321 e. The van der Waals surface area contributed by atoms with Gasteiger partial charge in [0.25, 0.3) is 0 Å². The van der Waals surface area contributed by atoms with Crippen molar-refractivity contribution in [3.05, 3.63) is 35.2 Å². The van der Waals surface area contributed by atoms with Crippen LogP contribution in [0.5, 0.6) is 0 Å². The molecule has 6 heteroatoms. The van der Waals surface area contributed by atoms with E-state index in [9.17, 15) is 9.90 Å². The normalized spacial score (nSPS) is 17.6. The summed E-state index contributed by atoms with van der Waals surface area (Å²) in [6.07, 6.45) is -1.01. The average molecular weight is 259 g/mol. The SMILES string of the molecule is Cc1noc(C)c1-c1ccc2c(c1)C(O)NC(=O)N2. The van der Waals surface area contributed by atoms with E-state index in [0.29, 0.717) is 11.3 Å². The first-order chi connectivity index (χ1) is 9.06.